The zero-order chi connectivity index (χ0) is 20.2. The Morgan fingerprint density at radius 2 is 2.04 bits per heavy atom. The summed E-state index contributed by atoms with van der Waals surface area (Å²) in [6, 6.07) is 2.17. The van der Waals surface area contributed by atoms with Crippen molar-refractivity contribution >= 4 is 17.6 Å². The highest BCUT2D eigenvalue weighted by molar-refractivity contribution is 5.99. The molecular weight excluding hydrogens is 367 g/mol. The molecule has 11 heteroatoms. The number of alkyl halides is 1. The number of carboxylic acid groups (broad SMARTS) is 1. The molecular formula is C16H19FN2O8. The first-order valence-electron chi connectivity index (χ1n) is 7.93. The molecule has 2 rings (SSSR count). The third-order valence-corrected chi connectivity index (χ3v) is 4.14. The Bertz CT molecular complexity index is 756. The lowest BCUT2D eigenvalue weighted by Crippen LogP contribution is -2.39. The van der Waals surface area contributed by atoms with Gasteiger partial charge in [-0.3, -0.25) is 14.9 Å². The number of amides is 1. The molecule has 1 aliphatic heterocycles. The van der Waals surface area contributed by atoms with Gasteiger partial charge in [-0.25, -0.2) is 9.18 Å². The molecule has 10 nitrogen and oxygen atoms in total. The van der Waals surface area contributed by atoms with Gasteiger partial charge >= 0.3 is 5.97 Å². The lowest BCUT2D eigenvalue weighted by Gasteiger charge is -2.19. The number of rotatable bonds is 8. The summed E-state index contributed by atoms with van der Waals surface area (Å²) in [5.74, 6) is -2.41. The first-order valence-corrected chi connectivity index (χ1v) is 7.93. The van der Waals surface area contributed by atoms with Crippen LogP contribution in [0.4, 0.5) is 10.1 Å². The molecule has 1 saturated heterocycles. The summed E-state index contributed by atoms with van der Waals surface area (Å²) in [7, 11) is 2.76. The van der Waals surface area contributed by atoms with Crippen LogP contribution in [-0.4, -0.2) is 73.0 Å². The lowest BCUT2D eigenvalue weighted by molar-refractivity contribution is -0.385. The molecule has 0 bridgehead atoms. The zero-order valence-electron chi connectivity index (χ0n) is 14.8. The van der Waals surface area contributed by atoms with E-state index in [-0.39, 0.29) is 36.8 Å². The number of hydrogen-bond donors (Lipinski definition) is 1. The smallest absolute Gasteiger partial charge is 0.343 e. The summed E-state index contributed by atoms with van der Waals surface area (Å²) < 4.78 is 29.5. The molecule has 1 aromatic carbocycles. The Kier molecular flexibility index (Phi) is 6.16. The van der Waals surface area contributed by atoms with Gasteiger partial charge in [0.05, 0.1) is 31.3 Å². The second-order valence-corrected chi connectivity index (χ2v) is 5.87. The molecule has 1 heterocycles. The van der Waals surface area contributed by atoms with E-state index in [9.17, 15) is 24.1 Å². The van der Waals surface area contributed by atoms with Crippen molar-refractivity contribution in [3.8, 4) is 11.5 Å². The number of halogens is 1. The molecule has 0 saturated carbocycles. The number of nitrogens with zero attached hydrogens (tertiary/aromatic N) is 2. The summed E-state index contributed by atoms with van der Waals surface area (Å²) >= 11 is 0. The van der Waals surface area contributed by atoms with Crippen molar-refractivity contribution in [3.63, 3.8) is 0 Å². The fourth-order valence-electron chi connectivity index (χ4n) is 2.67. The van der Waals surface area contributed by atoms with Gasteiger partial charge in [0.2, 0.25) is 5.67 Å². The van der Waals surface area contributed by atoms with Crippen molar-refractivity contribution in [2.24, 2.45) is 0 Å². The number of carbonyl (C=O) groups excluding carboxylic acids is 1. The quantitative estimate of drug-likeness (QED) is 0.402. The van der Waals surface area contributed by atoms with E-state index in [4.69, 9.17) is 19.3 Å². The normalized spacial score (nSPS) is 19.0. The van der Waals surface area contributed by atoms with Crippen molar-refractivity contribution in [1.82, 2.24) is 4.90 Å². The average molecular weight is 386 g/mol. The number of benzene rings is 1. The Morgan fingerprint density at radius 3 is 2.56 bits per heavy atom. The van der Waals surface area contributed by atoms with Gasteiger partial charge in [0, 0.05) is 26.1 Å². The molecule has 0 spiro atoms. The molecule has 0 radical (unpaired) electrons. The Hall–Kier alpha value is -2.95. The van der Waals surface area contributed by atoms with Crippen LogP contribution in [0.25, 0.3) is 0 Å². The standard InChI is InChI=1S/C16H19FN2O8/c1-25-5-6-27-13-8-11(19(23)24)10(7-12(13)26-2)14(20)18-4-3-16(17,9-18)15(21)22/h7-8H,3-6,9H2,1-2H3,(H,21,22). The van der Waals surface area contributed by atoms with E-state index in [1.807, 2.05) is 0 Å². The van der Waals surface area contributed by atoms with Crippen LogP contribution in [0.3, 0.4) is 0 Å². The maximum absolute atomic E-state index is 14.2. The minimum Gasteiger partial charge on any atom is -0.493 e. The van der Waals surface area contributed by atoms with Crippen molar-refractivity contribution in [1.29, 1.82) is 0 Å². The molecule has 1 aromatic rings. The summed E-state index contributed by atoms with van der Waals surface area (Å²) in [5, 5.41) is 20.3. The van der Waals surface area contributed by atoms with E-state index in [0.29, 0.717) is 0 Å². The first-order chi connectivity index (χ1) is 12.7. The minimum absolute atomic E-state index is 0.0459. The maximum atomic E-state index is 14.2. The van der Waals surface area contributed by atoms with Gasteiger partial charge in [-0.2, -0.15) is 0 Å². The number of hydrogen-bond acceptors (Lipinski definition) is 7. The van der Waals surface area contributed by atoms with Crippen LogP contribution in [0, 0.1) is 10.1 Å². The number of carboxylic acids is 1. The second-order valence-electron chi connectivity index (χ2n) is 5.87. The average Bonchev–Trinajstić information content (AvgIpc) is 3.04. The second kappa shape index (κ2) is 8.16. The number of nitro benzene ring substituents is 1. The molecule has 0 aromatic heterocycles. The van der Waals surface area contributed by atoms with Crippen molar-refractivity contribution in [3.05, 3.63) is 27.8 Å². The summed E-state index contributed by atoms with van der Waals surface area (Å²) in [5.41, 5.74) is -3.47. The van der Waals surface area contributed by atoms with Gasteiger partial charge in [0.1, 0.15) is 12.2 Å². The van der Waals surface area contributed by atoms with Gasteiger partial charge in [-0.1, -0.05) is 0 Å². The lowest BCUT2D eigenvalue weighted by atomic mass is 10.1. The van der Waals surface area contributed by atoms with E-state index in [2.05, 4.69) is 0 Å². The Balaban J connectivity index is 2.36. The number of ether oxygens (including phenoxy) is 3. The van der Waals surface area contributed by atoms with E-state index in [1.54, 1.807) is 0 Å². The van der Waals surface area contributed by atoms with Crippen molar-refractivity contribution in [2.45, 2.75) is 12.1 Å². The first kappa shape index (κ1) is 20.4. The van der Waals surface area contributed by atoms with Gasteiger partial charge in [-0.15, -0.1) is 0 Å². The molecule has 1 unspecified atom stereocenters. The predicted octanol–water partition coefficient (Wildman–Crippen LogP) is 1.27. The van der Waals surface area contributed by atoms with Crippen LogP contribution in [0.1, 0.15) is 16.8 Å². The minimum atomic E-state index is -2.57. The molecule has 1 fully saturated rings. The molecule has 1 amide bonds. The van der Waals surface area contributed by atoms with Crippen LogP contribution in [0.15, 0.2) is 12.1 Å². The van der Waals surface area contributed by atoms with Gasteiger partial charge in [0.25, 0.3) is 11.6 Å². The highest BCUT2D eigenvalue weighted by atomic mass is 19.1. The maximum Gasteiger partial charge on any atom is 0.343 e. The zero-order valence-corrected chi connectivity index (χ0v) is 14.8. The van der Waals surface area contributed by atoms with E-state index >= 15 is 0 Å². The van der Waals surface area contributed by atoms with E-state index in [1.165, 1.54) is 14.2 Å². The predicted molar refractivity (Wildman–Crippen MR) is 89.0 cm³/mol. The number of likely N-dealkylation sites (tertiary alicyclic amines) is 1. The largest absolute Gasteiger partial charge is 0.493 e. The third kappa shape index (κ3) is 4.25. The van der Waals surface area contributed by atoms with Crippen LogP contribution in [-0.2, 0) is 9.53 Å². The van der Waals surface area contributed by atoms with Gasteiger partial charge in [-0.05, 0) is 0 Å². The molecule has 27 heavy (non-hydrogen) atoms. The Morgan fingerprint density at radius 1 is 1.33 bits per heavy atom. The molecule has 1 aliphatic rings. The highest BCUT2D eigenvalue weighted by Crippen LogP contribution is 2.36. The summed E-state index contributed by atoms with van der Waals surface area (Å²) in [6.45, 7) is -0.522. The molecule has 0 aliphatic carbocycles. The van der Waals surface area contributed by atoms with E-state index < -0.39 is 41.1 Å². The summed E-state index contributed by atoms with van der Waals surface area (Å²) in [4.78, 5) is 35.2. The SMILES string of the molecule is COCCOc1cc([N+](=O)[O-])c(C(=O)N2CCC(F)(C(=O)O)C2)cc1OC. The fraction of sp³-hybridized carbons (Fsp3) is 0.500. The topological polar surface area (TPSA) is 128 Å². The Labute approximate surface area is 153 Å². The number of nitro groups is 1. The number of aliphatic carboxylic acids is 1. The van der Waals surface area contributed by atoms with Gasteiger partial charge < -0.3 is 24.2 Å². The summed E-state index contributed by atoms with van der Waals surface area (Å²) in [6.07, 6.45) is -0.392. The van der Waals surface area contributed by atoms with E-state index in [0.717, 1.165) is 17.0 Å². The van der Waals surface area contributed by atoms with Gasteiger partial charge in [0.15, 0.2) is 11.5 Å². The number of carbonyl (C=O) groups is 2. The van der Waals surface area contributed by atoms with Crippen LogP contribution in [0.2, 0.25) is 0 Å². The highest BCUT2D eigenvalue weighted by Gasteiger charge is 2.47. The molecule has 1 N–H and O–H groups in total. The molecule has 1 atom stereocenters. The van der Waals surface area contributed by atoms with Crippen LogP contribution >= 0.6 is 0 Å². The van der Waals surface area contributed by atoms with Crippen LogP contribution in [0.5, 0.6) is 11.5 Å². The number of methoxy groups -OCH3 is 2. The monoisotopic (exact) mass is 386 g/mol. The fourth-order valence-corrected chi connectivity index (χ4v) is 2.67. The van der Waals surface area contributed by atoms with Crippen molar-refractivity contribution in [2.75, 3.05) is 40.5 Å². The van der Waals surface area contributed by atoms with Crippen molar-refractivity contribution < 1.29 is 38.2 Å². The molecule has 148 valence electrons. The van der Waals surface area contributed by atoms with Crippen LogP contribution < -0.4 is 9.47 Å². The third-order valence-electron chi connectivity index (χ3n) is 4.14.